The molecule has 5 rings (SSSR count). The van der Waals surface area contributed by atoms with Crippen molar-refractivity contribution >= 4 is 52.0 Å². The number of nitrogens with one attached hydrogen (secondary N) is 3. The first-order valence-electron chi connectivity index (χ1n) is 13.4. The number of furan rings is 1. The summed E-state index contributed by atoms with van der Waals surface area (Å²) in [6.07, 6.45) is 0.696. The lowest BCUT2D eigenvalue weighted by molar-refractivity contribution is -0.139. The van der Waals surface area contributed by atoms with Crippen molar-refractivity contribution in [2.75, 3.05) is 26.2 Å². The van der Waals surface area contributed by atoms with E-state index in [0.717, 1.165) is 5.39 Å². The van der Waals surface area contributed by atoms with E-state index in [1.165, 1.54) is 4.90 Å². The topological polar surface area (TPSA) is 191 Å². The highest BCUT2D eigenvalue weighted by atomic mass is 35.5. The number of benzene rings is 2. The highest BCUT2D eigenvalue weighted by Gasteiger charge is 2.35. The van der Waals surface area contributed by atoms with Gasteiger partial charge in [-0.1, -0.05) is 29.3 Å². The highest BCUT2D eigenvalue weighted by Crippen LogP contribution is 2.35. The molecule has 13 nitrogen and oxygen atoms in total. The van der Waals surface area contributed by atoms with Crippen LogP contribution >= 0.6 is 23.2 Å². The van der Waals surface area contributed by atoms with Gasteiger partial charge >= 0.3 is 5.97 Å². The second kappa shape index (κ2) is 12.8. The zero-order chi connectivity index (χ0) is 30.8. The number of halogens is 2. The van der Waals surface area contributed by atoms with Crippen molar-refractivity contribution in [3.63, 3.8) is 0 Å². The summed E-state index contributed by atoms with van der Waals surface area (Å²) in [6, 6.07) is 7.14. The number of amides is 2. The summed E-state index contributed by atoms with van der Waals surface area (Å²) >= 11 is 13.1. The van der Waals surface area contributed by atoms with Crippen molar-refractivity contribution in [1.82, 2.24) is 25.8 Å². The monoisotopic (exact) mass is 630 g/mol. The van der Waals surface area contributed by atoms with Gasteiger partial charge in [-0.2, -0.15) is 5.26 Å². The molecule has 43 heavy (non-hydrogen) atoms. The molecule has 1 saturated heterocycles. The van der Waals surface area contributed by atoms with Gasteiger partial charge in [0.1, 0.15) is 17.9 Å². The third-order valence-corrected chi connectivity index (χ3v) is 8.31. The molecule has 4 atom stereocenters. The molecule has 3 aromatic rings. The van der Waals surface area contributed by atoms with Crippen LogP contribution < -0.4 is 16.0 Å². The molecule has 2 aliphatic rings. The van der Waals surface area contributed by atoms with Crippen LogP contribution in [0.25, 0.3) is 11.0 Å². The van der Waals surface area contributed by atoms with E-state index in [2.05, 4.69) is 16.0 Å². The molecular formula is C28H28Cl2N6O7. The minimum atomic E-state index is -1.45. The number of aliphatic hydroxyl groups is 2. The number of nitriles is 1. The largest absolute Gasteiger partial charge is 0.480 e. The summed E-state index contributed by atoms with van der Waals surface area (Å²) in [5, 5.41) is 47.2. The van der Waals surface area contributed by atoms with Crippen LogP contribution in [0.5, 0.6) is 0 Å². The van der Waals surface area contributed by atoms with E-state index in [0.29, 0.717) is 35.2 Å². The van der Waals surface area contributed by atoms with Crippen LogP contribution in [0.4, 0.5) is 0 Å². The first-order valence-corrected chi connectivity index (χ1v) is 14.1. The Labute approximate surface area is 255 Å². The van der Waals surface area contributed by atoms with E-state index < -0.39 is 36.4 Å². The Hall–Kier alpha value is -3.90. The average Bonchev–Trinajstić information content (AvgIpc) is 3.58. The predicted octanol–water partition coefficient (Wildman–Crippen LogP) is 1.10. The summed E-state index contributed by atoms with van der Waals surface area (Å²) < 4.78 is 5.41. The SMILES string of the molecule is N#CNC(NC[C@H](NC(=O)c1c(Cl)cc2c(c1Cl)CCN(C(=O)c1ccc3ccoc3c1)C2)C(=O)O)N1C[C@@H](O)[C@H](O)C1. The number of carboxylic acids is 1. The van der Waals surface area contributed by atoms with Gasteiger partial charge in [-0.25, -0.2) is 4.79 Å². The number of β-amino-alcohol motifs (C(OH)–C–C–N with tert-alkyl or cyclic N) is 2. The molecule has 0 spiro atoms. The summed E-state index contributed by atoms with van der Waals surface area (Å²) in [5.41, 5.74) is 2.29. The number of nitrogens with zero attached hydrogens (tertiary/aromatic N) is 3. The Morgan fingerprint density at radius 1 is 1.14 bits per heavy atom. The Morgan fingerprint density at radius 2 is 1.88 bits per heavy atom. The van der Waals surface area contributed by atoms with E-state index in [9.17, 15) is 29.7 Å². The molecule has 0 saturated carbocycles. The smallest absolute Gasteiger partial charge is 0.327 e. The van der Waals surface area contributed by atoms with Gasteiger partial charge in [0.25, 0.3) is 11.8 Å². The lowest BCUT2D eigenvalue weighted by Gasteiger charge is -2.30. The first kappa shape index (κ1) is 30.6. The zero-order valence-electron chi connectivity index (χ0n) is 22.6. The number of aliphatic carboxylic acids is 1. The molecule has 0 bridgehead atoms. The van der Waals surface area contributed by atoms with Gasteiger partial charge in [-0.15, -0.1) is 0 Å². The van der Waals surface area contributed by atoms with E-state index >= 15 is 0 Å². The maximum Gasteiger partial charge on any atom is 0.327 e. The minimum Gasteiger partial charge on any atom is -0.480 e. The summed E-state index contributed by atoms with van der Waals surface area (Å²) in [4.78, 5) is 41.6. The van der Waals surface area contributed by atoms with Crippen LogP contribution in [0, 0.1) is 11.5 Å². The fraction of sp³-hybridized carbons (Fsp3) is 0.357. The second-order valence-electron chi connectivity index (χ2n) is 10.4. The lowest BCUT2D eigenvalue weighted by atomic mass is 9.96. The Bertz CT molecular complexity index is 1600. The highest BCUT2D eigenvalue weighted by molar-refractivity contribution is 6.40. The molecule has 1 fully saturated rings. The van der Waals surface area contributed by atoms with E-state index in [1.54, 1.807) is 35.6 Å². The number of carbonyl (C=O) groups excluding carboxylic acids is 2. The zero-order valence-corrected chi connectivity index (χ0v) is 24.1. The molecule has 2 aliphatic heterocycles. The molecule has 0 radical (unpaired) electrons. The maximum absolute atomic E-state index is 13.3. The van der Waals surface area contributed by atoms with Gasteiger partial charge in [-0.05, 0) is 41.8 Å². The molecule has 15 heteroatoms. The van der Waals surface area contributed by atoms with Gasteiger partial charge in [0, 0.05) is 43.7 Å². The fourth-order valence-corrected chi connectivity index (χ4v) is 6.07. The van der Waals surface area contributed by atoms with E-state index in [1.807, 2.05) is 12.1 Å². The van der Waals surface area contributed by atoms with Gasteiger partial charge in [-0.3, -0.25) is 25.1 Å². The summed E-state index contributed by atoms with van der Waals surface area (Å²) in [5.74, 6) is -2.36. The number of hydrogen-bond donors (Lipinski definition) is 6. The molecule has 2 amide bonds. The van der Waals surface area contributed by atoms with Crippen LogP contribution in [0.15, 0.2) is 41.0 Å². The number of likely N-dealkylation sites (tertiary alicyclic amines) is 1. The van der Waals surface area contributed by atoms with Crippen molar-refractivity contribution < 1.29 is 34.1 Å². The Kier molecular flexibility index (Phi) is 9.07. The summed E-state index contributed by atoms with van der Waals surface area (Å²) in [6.45, 7) is 0.310. The quantitative estimate of drug-likeness (QED) is 0.113. The van der Waals surface area contributed by atoms with Crippen molar-refractivity contribution in [2.45, 2.75) is 37.5 Å². The van der Waals surface area contributed by atoms with Crippen LogP contribution in [0.3, 0.4) is 0 Å². The third-order valence-electron chi connectivity index (χ3n) is 7.59. The molecule has 1 unspecified atom stereocenters. The Morgan fingerprint density at radius 3 is 2.58 bits per heavy atom. The van der Waals surface area contributed by atoms with E-state index in [4.69, 9.17) is 32.9 Å². The number of aliphatic hydroxyl groups excluding tert-OH is 2. The van der Waals surface area contributed by atoms with Crippen molar-refractivity contribution in [3.05, 3.63) is 68.9 Å². The normalized spacial score (nSPS) is 19.8. The third kappa shape index (κ3) is 6.40. The summed E-state index contributed by atoms with van der Waals surface area (Å²) in [7, 11) is 0. The Balaban J connectivity index is 1.28. The molecule has 0 aliphatic carbocycles. The molecule has 1 aromatic heterocycles. The predicted molar refractivity (Wildman–Crippen MR) is 154 cm³/mol. The standard InChI is InChI=1S/C28H28Cl2N6O7/c29-18-7-16-10-35(26(40)15-2-1-14-4-6-43-22(14)8-15)5-3-17(16)24(30)23(18)25(39)34-19(27(41)42)9-32-28(33-13-31)36-11-20(37)21(38)12-36/h1-2,4,6-8,19-21,28,32-33,37-38H,3,5,9-12H2,(H,34,39)(H,41,42)/t19-,20+,21+,28?/m0/s1. The molecular weight excluding hydrogens is 603 g/mol. The van der Waals surface area contributed by atoms with Gasteiger partial charge < -0.3 is 30.0 Å². The van der Waals surface area contributed by atoms with Gasteiger partial charge in [0.2, 0.25) is 0 Å². The minimum absolute atomic E-state index is 0.00582. The van der Waals surface area contributed by atoms with Crippen molar-refractivity contribution in [1.29, 1.82) is 5.26 Å². The van der Waals surface area contributed by atoms with Crippen LogP contribution in [-0.4, -0.2) is 93.6 Å². The molecule has 2 aromatic carbocycles. The first-order chi connectivity index (χ1) is 20.6. The van der Waals surface area contributed by atoms with Crippen LogP contribution in [0.1, 0.15) is 31.8 Å². The lowest BCUT2D eigenvalue weighted by Crippen LogP contribution is -2.57. The number of carboxylic acid groups (broad SMARTS) is 1. The molecule has 226 valence electrons. The van der Waals surface area contributed by atoms with Gasteiger partial charge in [0.05, 0.1) is 34.1 Å². The number of fused-ring (bicyclic) bond motifs is 2. The van der Waals surface area contributed by atoms with Crippen molar-refractivity contribution in [2.24, 2.45) is 0 Å². The molecule has 6 N–H and O–H groups in total. The maximum atomic E-state index is 13.3. The van der Waals surface area contributed by atoms with Crippen molar-refractivity contribution in [3.8, 4) is 6.19 Å². The van der Waals surface area contributed by atoms with Crippen LogP contribution in [0.2, 0.25) is 10.0 Å². The number of rotatable bonds is 9. The van der Waals surface area contributed by atoms with Gasteiger partial charge in [0.15, 0.2) is 6.19 Å². The van der Waals surface area contributed by atoms with E-state index in [-0.39, 0.29) is 47.7 Å². The van der Waals surface area contributed by atoms with Crippen LogP contribution in [-0.2, 0) is 17.8 Å². The average molecular weight is 631 g/mol. The number of carbonyl (C=O) groups is 3. The number of hydrogen-bond acceptors (Lipinski definition) is 10. The second-order valence-corrected chi connectivity index (χ2v) is 11.1. The molecule has 3 heterocycles. The fourth-order valence-electron chi connectivity index (χ4n) is 5.31.